The van der Waals surface area contributed by atoms with Crippen LogP contribution in [0.25, 0.3) is 10.2 Å². The lowest BCUT2D eigenvalue weighted by atomic mass is 10.3. The Bertz CT molecular complexity index is 410. The van der Waals surface area contributed by atoms with Gasteiger partial charge in [0.05, 0.1) is 10.2 Å². The van der Waals surface area contributed by atoms with E-state index in [0.29, 0.717) is 6.54 Å². The molecule has 0 unspecified atom stereocenters. The topological polar surface area (TPSA) is 38.9 Å². The Morgan fingerprint density at radius 2 is 2.33 bits per heavy atom. The van der Waals surface area contributed by atoms with Gasteiger partial charge in [0, 0.05) is 10.1 Å². The van der Waals surface area contributed by atoms with Crippen LogP contribution in [0.2, 0.25) is 0 Å². The van der Waals surface area contributed by atoms with Crippen LogP contribution in [-0.2, 0) is 6.54 Å². The molecule has 2 nitrogen and oxygen atoms in total. The van der Waals surface area contributed by atoms with Crippen LogP contribution in [0.15, 0.2) is 18.2 Å². The number of hydrogen-bond donors (Lipinski definition) is 1. The predicted octanol–water partition coefficient (Wildman–Crippen LogP) is 2.36. The van der Waals surface area contributed by atoms with Crippen molar-refractivity contribution >= 4 is 44.1 Å². The van der Waals surface area contributed by atoms with Crippen molar-refractivity contribution in [3.8, 4) is 0 Å². The monoisotopic (exact) mass is 290 g/mol. The van der Waals surface area contributed by atoms with Gasteiger partial charge in [0.25, 0.3) is 0 Å². The van der Waals surface area contributed by atoms with E-state index >= 15 is 0 Å². The van der Waals surface area contributed by atoms with E-state index in [1.807, 2.05) is 6.07 Å². The van der Waals surface area contributed by atoms with Gasteiger partial charge in [-0.2, -0.15) is 0 Å². The van der Waals surface area contributed by atoms with Gasteiger partial charge in [0.15, 0.2) is 0 Å². The third-order valence-corrected chi connectivity index (χ3v) is 3.28. The molecular formula is C8H7IN2S. The van der Waals surface area contributed by atoms with E-state index in [-0.39, 0.29) is 0 Å². The zero-order valence-corrected chi connectivity index (χ0v) is 9.22. The maximum Gasteiger partial charge on any atom is 0.107 e. The van der Waals surface area contributed by atoms with Crippen LogP contribution in [0.5, 0.6) is 0 Å². The van der Waals surface area contributed by atoms with E-state index in [1.165, 1.54) is 8.27 Å². The number of thiazole rings is 1. The first-order valence-electron chi connectivity index (χ1n) is 3.54. The molecule has 0 aliphatic heterocycles. The fourth-order valence-electron chi connectivity index (χ4n) is 1.03. The van der Waals surface area contributed by atoms with Gasteiger partial charge in [-0.1, -0.05) is 0 Å². The van der Waals surface area contributed by atoms with E-state index in [4.69, 9.17) is 5.73 Å². The lowest BCUT2D eigenvalue weighted by Gasteiger charge is -1.87. The molecule has 0 saturated heterocycles. The number of halogens is 1. The highest BCUT2D eigenvalue weighted by atomic mass is 127. The van der Waals surface area contributed by atoms with Crippen LogP contribution in [0, 0.1) is 3.57 Å². The van der Waals surface area contributed by atoms with Gasteiger partial charge >= 0.3 is 0 Å². The number of nitrogens with two attached hydrogens (primary N) is 1. The van der Waals surface area contributed by atoms with Crippen LogP contribution >= 0.6 is 33.9 Å². The van der Waals surface area contributed by atoms with Gasteiger partial charge in [-0.15, -0.1) is 11.3 Å². The van der Waals surface area contributed by atoms with E-state index in [9.17, 15) is 0 Å². The van der Waals surface area contributed by atoms with Crippen molar-refractivity contribution in [3.63, 3.8) is 0 Å². The molecule has 2 N–H and O–H groups in total. The molecule has 0 aliphatic carbocycles. The summed E-state index contributed by atoms with van der Waals surface area (Å²) in [5.74, 6) is 0. The van der Waals surface area contributed by atoms with Crippen LogP contribution in [0.3, 0.4) is 0 Å². The molecule has 2 rings (SSSR count). The molecule has 4 heteroatoms. The maximum atomic E-state index is 5.50. The quantitative estimate of drug-likeness (QED) is 0.819. The zero-order chi connectivity index (χ0) is 8.55. The normalized spacial score (nSPS) is 10.8. The summed E-state index contributed by atoms with van der Waals surface area (Å²) in [7, 11) is 0. The van der Waals surface area contributed by atoms with Crippen LogP contribution in [0.4, 0.5) is 0 Å². The van der Waals surface area contributed by atoms with Gasteiger partial charge in [0.2, 0.25) is 0 Å². The molecule has 0 saturated carbocycles. The Labute approximate surface area is 87.9 Å². The molecule has 1 heterocycles. The summed E-state index contributed by atoms with van der Waals surface area (Å²) in [5, 5.41) is 1.01. The number of nitrogens with zero attached hydrogens (tertiary/aromatic N) is 1. The Hall–Kier alpha value is -0.200. The van der Waals surface area contributed by atoms with Crippen LogP contribution in [0.1, 0.15) is 5.01 Å². The standard InChI is InChI=1S/C8H7IN2S/c9-5-1-2-6-7(3-5)12-8(4-10)11-6/h1-3H,4,10H2. The molecule has 0 amide bonds. The first-order chi connectivity index (χ1) is 5.79. The summed E-state index contributed by atoms with van der Waals surface area (Å²) in [6.07, 6.45) is 0. The molecular weight excluding hydrogens is 283 g/mol. The number of fused-ring (bicyclic) bond motifs is 1. The summed E-state index contributed by atoms with van der Waals surface area (Å²) < 4.78 is 2.47. The fourth-order valence-corrected chi connectivity index (χ4v) is 2.62. The van der Waals surface area contributed by atoms with Gasteiger partial charge < -0.3 is 5.73 Å². The smallest absolute Gasteiger partial charge is 0.107 e. The van der Waals surface area contributed by atoms with Gasteiger partial charge in [-0.05, 0) is 40.8 Å². The summed E-state index contributed by atoms with van der Waals surface area (Å²) in [6.45, 7) is 0.538. The first-order valence-corrected chi connectivity index (χ1v) is 5.44. The van der Waals surface area contributed by atoms with Gasteiger partial charge in [0.1, 0.15) is 5.01 Å². The first kappa shape index (κ1) is 8.40. The highest BCUT2D eigenvalue weighted by molar-refractivity contribution is 14.1. The fraction of sp³-hybridized carbons (Fsp3) is 0.125. The highest BCUT2D eigenvalue weighted by Crippen LogP contribution is 2.23. The van der Waals surface area contributed by atoms with E-state index < -0.39 is 0 Å². The van der Waals surface area contributed by atoms with Gasteiger partial charge in [-0.3, -0.25) is 0 Å². The minimum absolute atomic E-state index is 0.538. The summed E-state index contributed by atoms with van der Waals surface area (Å²) >= 11 is 3.97. The SMILES string of the molecule is NCc1nc2ccc(I)cc2s1. The largest absolute Gasteiger partial charge is 0.325 e. The van der Waals surface area contributed by atoms with E-state index in [0.717, 1.165) is 10.5 Å². The Kier molecular flexibility index (Phi) is 2.29. The minimum Gasteiger partial charge on any atom is -0.325 e. The number of benzene rings is 1. The number of aromatic nitrogens is 1. The number of rotatable bonds is 1. The third-order valence-electron chi connectivity index (χ3n) is 1.57. The molecule has 0 atom stereocenters. The Morgan fingerprint density at radius 1 is 1.50 bits per heavy atom. The molecule has 1 aromatic heterocycles. The van der Waals surface area contributed by atoms with Crippen molar-refractivity contribution in [1.29, 1.82) is 0 Å². The van der Waals surface area contributed by atoms with Crippen molar-refractivity contribution in [2.75, 3.05) is 0 Å². The number of hydrogen-bond acceptors (Lipinski definition) is 3. The summed E-state index contributed by atoms with van der Waals surface area (Å²) in [6, 6.07) is 6.22. The summed E-state index contributed by atoms with van der Waals surface area (Å²) in [5.41, 5.74) is 6.55. The van der Waals surface area contributed by atoms with Gasteiger partial charge in [-0.25, -0.2) is 4.98 Å². The molecule has 0 bridgehead atoms. The van der Waals surface area contributed by atoms with Crippen LogP contribution < -0.4 is 5.73 Å². The maximum absolute atomic E-state index is 5.50. The molecule has 0 fully saturated rings. The Morgan fingerprint density at radius 3 is 3.08 bits per heavy atom. The summed E-state index contributed by atoms with van der Waals surface area (Å²) in [4.78, 5) is 4.36. The van der Waals surface area contributed by atoms with Crippen molar-refractivity contribution < 1.29 is 0 Å². The average molecular weight is 290 g/mol. The minimum atomic E-state index is 0.538. The molecule has 0 radical (unpaired) electrons. The molecule has 0 aliphatic rings. The van der Waals surface area contributed by atoms with Crippen molar-refractivity contribution in [2.24, 2.45) is 5.73 Å². The molecule has 1 aromatic carbocycles. The molecule has 2 aromatic rings. The van der Waals surface area contributed by atoms with E-state index in [2.05, 4.69) is 39.7 Å². The second-order valence-electron chi connectivity index (χ2n) is 2.42. The molecule has 0 spiro atoms. The van der Waals surface area contributed by atoms with Crippen LogP contribution in [-0.4, -0.2) is 4.98 Å². The van der Waals surface area contributed by atoms with E-state index in [1.54, 1.807) is 11.3 Å². The van der Waals surface area contributed by atoms with Crippen molar-refractivity contribution in [2.45, 2.75) is 6.54 Å². The second kappa shape index (κ2) is 3.27. The van der Waals surface area contributed by atoms with Crippen molar-refractivity contribution in [1.82, 2.24) is 4.98 Å². The lowest BCUT2D eigenvalue weighted by molar-refractivity contribution is 1.05. The average Bonchev–Trinajstić information content (AvgIpc) is 2.46. The predicted molar refractivity (Wildman–Crippen MR) is 60.2 cm³/mol. The third kappa shape index (κ3) is 1.46. The molecule has 62 valence electrons. The lowest BCUT2D eigenvalue weighted by Crippen LogP contribution is -1.93. The molecule has 12 heavy (non-hydrogen) atoms. The Balaban J connectivity index is 2.67. The van der Waals surface area contributed by atoms with Crippen molar-refractivity contribution in [3.05, 3.63) is 26.8 Å². The zero-order valence-electron chi connectivity index (χ0n) is 6.25. The highest BCUT2D eigenvalue weighted by Gasteiger charge is 2.01. The second-order valence-corrected chi connectivity index (χ2v) is 4.78.